The van der Waals surface area contributed by atoms with E-state index in [9.17, 15) is 0 Å². The highest BCUT2D eigenvalue weighted by Gasteiger charge is 2.19. The van der Waals surface area contributed by atoms with Crippen LogP contribution in [0.2, 0.25) is 5.28 Å². The van der Waals surface area contributed by atoms with Gasteiger partial charge in [-0.2, -0.15) is 0 Å². The van der Waals surface area contributed by atoms with E-state index in [1.54, 1.807) is 6.20 Å². The van der Waals surface area contributed by atoms with Crippen LogP contribution in [0.4, 0.5) is 5.82 Å². The summed E-state index contributed by atoms with van der Waals surface area (Å²) < 4.78 is 0. The normalized spacial score (nSPS) is 16.4. The molecule has 76 valence electrons. The maximum Gasteiger partial charge on any atom is 0.224 e. The summed E-state index contributed by atoms with van der Waals surface area (Å²) in [7, 11) is 2.02. The van der Waals surface area contributed by atoms with E-state index in [0.29, 0.717) is 5.28 Å². The smallest absolute Gasteiger partial charge is 0.224 e. The first-order valence-corrected chi connectivity index (χ1v) is 5.04. The predicted molar refractivity (Wildman–Crippen MR) is 56.7 cm³/mol. The topological polar surface area (TPSA) is 41.0 Å². The molecular formula is C9H13ClN4. The van der Waals surface area contributed by atoms with Gasteiger partial charge in [0, 0.05) is 38.8 Å². The molecule has 0 atom stereocenters. The molecule has 0 amide bonds. The third-order valence-electron chi connectivity index (χ3n) is 2.40. The minimum absolute atomic E-state index is 0.307. The Morgan fingerprint density at radius 2 is 2.43 bits per heavy atom. The number of rotatable bonds is 3. The number of anilines is 1. The molecule has 5 heteroatoms. The van der Waals surface area contributed by atoms with Gasteiger partial charge in [0.1, 0.15) is 5.82 Å². The standard InChI is InChI=1S/C9H13ClN4/c1-14(6-7-4-11-5-7)8-2-3-12-9(10)13-8/h2-3,7,11H,4-6H2,1H3. The van der Waals surface area contributed by atoms with Crippen molar-refractivity contribution < 1.29 is 0 Å². The van der Waals surface area contributed by atoms with Gasteiger partial charge in [-0.15, -0.1) is 0 Å². The van der Waals surface area contributed by atoms with Gasteiger partial charge in [-0.1, -0.05) is 0 Å². The Labute approximate surface area is 88.3 Å². The summed E-state index contributed by atoms with van der Waals surface area (Å²) in [6, 6.07) is 1.87. The molecule has 1 saturated heterocycles. The number of aromatic nitrogens is 2. The van der Waals surface area contributed by atoms with Gasteiger partial charge in [0.25, 0.3) is 0 Å². The molecule has 4 nitrogen and oxygen atoms in total. The Balaban J connectivity index is 1.98. The van der Waals surface area contributed by atoms with E-state index in [1.807, 2.05) is 13.1 Å². The van der Waals surface area contributed by atoms with Gasteiger partial charge in [0.15, 0.2) is 0 Å². The number of nitrogens with one attached hydrogen (secondary N) is 1. The maximum absolute atomic E-state index is 5.71. The summed E-state index contributed by atoms with van der Waals surface area (Å²) in [5.74, 6) is 1.62. The molecule has 2 rings (SSSR count). The van der Waals surface area contributed by atoms with Crippen molar-refractivity contribution in [2.45, 2.75) is 0 Å². The van der Waals surface area contributed by atoms with E-state index in [1.165, 1.54) is 0 Å². The quantitative estimate of drug-likeness (QED) is 0.753. The third-order valence-corrected chi connectivity index (χ3v) is 2.58. The van der Waals surface area contributed by atoms with Crippen LogP contribution in [0.15, 0.2) is 12.3 Å². The largest absolute Gasteiger partial charge is 0.359 e. The van der Waals surface area contributed by atoms with Crippen LogP contribution in [0.3, 0.4) is 0 Å². The second-order valence-corrected chi connectivity index (χ2v) is 3.93. The monoisotopic (exact) mass is 212 g/mol. The Bertz CT molecular complexity index is 313. The molecule has 14 heavy (non-hydrogen) atoms. The fourth-order valence-electron chi connectivity index (χ4n) is 1.50. The molecule has 1 aliphatic rings. The molecule has 0 aliphatic carbocycles. The average Bonchev–Trinajstić information content (AvgIpc) is 2.11. The highest BCUT2D eigenvalue weighted by atomic mass is 35.5. The van der Waals surface area contributed by atoms with E-state index < -0.39 is 0 Å². The maximum atomic E-state index is 5.71. The van der Waals surface area contributed by atoms with Gasteiger partial charge >= 0.3 is 0 Å². The number of halogens is 1. The number of hydrogen-bond acceptors (Lipinski definition) is 4. The first-order valence-electron chi connectivity index (χ1n) is 4.66. The van der Waals surface area contributed by atoms with Crippen molar-refractivity contribution in [3.05, 3.63) is 17.5 Å². The molecule has 0 saturated carbocycles. The van der Waals surface area contributed by atoms with Gasteiger partial charge in [-0.3, -0.25) is 0 Å². The highest BCUT2D eigenvalue weighted by molar-refractivity contribution is 6.28. The molecule has 1 aromatic rings. The van der Waals surface area contributed by atoms with Crippen molar-refractivity contribution in [2.75, 3.05) is 31.6 Å². The SMILES string of the molecule is CN(CC1CNC1)c1ccnc(Cl)n1. The van der Waals surface area contributed by atoms with Crippen LogP contribution in [0.25, 0.3) is 0 Å². The molecule has 0 unspecified atom stereocenters. The van der Waals surface area contributed by atoms with Crippen molar-refractivity contribution in [3.8, 4) is 0 Å². The van der Waals surface area contributed by atoms with E-state index in [4.69, 9.17) is 11.6 Å². The summed E-state index contributed by atoms with van der Waals surface area (Å²) in [5.41, 5.74) is 0. The van der Waals surface area contributed by atoms with E-state index >= 15 is 0 Å². The summed E-state index contributed by atoms with van der Waals surface area (Å²) in [5, 5.41) is 3.55. The summed E-state index contributed by atoms with van der Waals surface area (Å²) in [6.45, 7) is 3.21. The predicted octanol–water partition coefficient (Wildman–Crippen LogP) is 0.786. The molecule has 0 aromatic carbocycles. The molecule has 1 N–H and O–H groups in total. The molecule has 1 aliphatic heterocycles. The lowest BCUT2D eigenvalue weighted by Gasteiger charge is -2.31. The number of hydrogen-bond donors (Lipinski definition) is 1. The van der Waals surface area contributed by atoms with Crippen LogP contribution in [0.1, 0.15) is 0 Å². The van der Waals surface area contributed by atoms with Crippen molar-refractivity contribution >= 4 is 17.4 Å². The lowest BCUT2D eigenvalue weighted by atomic mass is 10.0. The van der Waals surface area contributed by atoms with Crippen LogP contribution >= 0.6 is 11.6 Å². The summed E-state index contributed by atoms with van der Waals surface area (Å²) in [4.78, 5) is 10.1. The fraction of sp³-hybridized carbons (Fsp3) is 0.556. The lowest BCUT2D eigenvalue weighted by Crippen LogP contribution is -2.47. The van der Waals surface area contributed by atoms with E-state index in [0.717, 1.165) is 31.4 Å². The Morgan fingerprint density at radius 3 is 3.00 bits per heavy atom. The van der Waals surface area contributed by atoms with Crippen LogP contribution in [0, 0.1) is 5.92 Å². The van der Waals surface area contributed by atoms with Crippen LogP contribution in [0.5, 0.6) is 0 Å². The molecular weight excluding hydrogens is 200 g/mol. The molecule has 2 heterocycles. The van der Waals surface area contributed by atoms with Crippen molar-refractivity contribution in [3.63, 3.8) is 0 Å². The minimum atomic E-state index is 0.307. The zero-order valence-corrected chi connectivity index (χ0v) is 8.83. The van der Waals surface area contributed by atoms with Gasteiger partial charge in [0.05, 0.1) is 0 Å². The minimum Gasteiger partial charge on any atom is -0.359 e. The summed E-state index contributed by atoms with van der Waals surface area (Å²) in [6.07, 6.45) is 1.68. The van der Waals surface area contributed by atoms with Crippen LogP contribution in [-0.4, -0.2) is 36.6 Å². The average molecular weight is 213 g/mol. The first kappa shape index (κ1) is 9.68. The molecule has 1 fully saturated rings. The Morgan fingerprint density at radius 1 is 1.64 bits per heavy atom. The molecule has 0 bridgehead atoms. The van der Waals surface area contributed by atoms with Gasteiger partial charge in [0.2, 0.25) is 5.28 Å². The zero-order chi connectivity index (χ0) is 9.97. The zero-order valence-electron chi connectivity index (χ0n) is 8.07. The molecule has 1 aromatic heterocycles. The lowest BCUT2D eigenvalue weighted by molar-refractivity contribution is 0.352. The Hall–Kier alpha value is -0.870. The molecule has 0 radical (unpaired) electrons. The van der Waals surface area contributed by atoms with Crippen LogP contribution in [-0.2, 0) is 0 Å². The van der Waals surface area contributed by atoms with E-state index in [2.05, 4.69) is 20.2 Å². The first-order chi connectivity index (χ1) is 6.75. The van der Waals surface area contributed by atoms with Crippen molar-refractivity contribution in [1.82, 2.24) is 15.3 Å². The third kappa shape index (κ3) is 2.13. The highest BCUT2D eigenvalue weighted by Crippen LogP contribution is 2.13. The second kappa shape index (κ2) is 4.11. The molecule has 0 spiro atoms. The number of nitrogens with zero attached hydrogens (tertiary/aromatic N) is 3. The van der Waals surface area contributed by atoms with Gasteiger partial charge in [-0.25, -0.2) is 9.97 Å². The summed E-state index contributed by atoms with van der Waals surface area (Å²) >= 11 is 5.71. The second-order valence-electron chi connectivity index (χ2n) is 3.59. The Kier molecular flexibility index (Phi) is 2.84. The van der Waals surface area contributed by atoms with Crippen LogP contribution < -0.4 is 10.2 Å². The van der Waals surface area contributed by atoms with E-state index in [-0.39, 0.29) is 0 Å². The fourth-order valence-corrected chi connectivity index (χ4v) is 1.64. The van der Waals surface area contributed by atoms with Gasteiger partial charge < -0.3 is 10.2 Å². The van der Waals surface area contributed by atoms with Gasteiger partial charge in [-0.05, 0) is 17.7 Å². The van der Waals surface area contributed by atoms with Crippen molar-refractivity contribution in [2.24, 2.45) is 5.92 Å². The van der Waals surface area contributed by atoms with Crippen molar-refractivity contribution in [1.29, 1.82) is 0 Å².